The van der Waals surface area contributed by atoms with E-state index in [1.54, 1.807) is 0 Å². The van der Waals surface area contributed by atoms with Gasteiger partial charge in [0.25, 0.3) is 6.43 Å². The van der Waals surface area contributed by atoms with Crippen LogP contribution < -0.4 is 0 Å². The number of carbonyl (C=O) groups is 1. The molecule has 1 N–H and O–H groups in total. The van der Waals surface area contributed by atoms with Gasteiger partial charge in [-0.15, -0.1) is 0 Å². The fourth-order valence-corrected chi connectivity index (χ4v) is 1.64. The minimum absolute atomic E-state index is 0.00926. The third kappa shape index (κ3) is 1.86. The zero-order valence-corrected chi connectivity index (χ0v) is 8.76. The van der Waals surface area contributed by atoms with E-state index >= 15 is 0 Å². The number of alkyl halides is 2. The van der Waals surface area contributed by atoms with Crippen molar-refractivity contribution in [2.24, 2.45) is 0 Å². The number of carbonyl (C=O) groups excluding carboxylic acids is 1. The topological polar surface area (TPSA) is 42.1 Å². The van der Waals surface area contributed by atoms with Gasteiger partial charge in [-0.3, -0.25) is 0 Å². The van der Waals surface area contributed by atoms with Gasteiger partial charge in [-0.1, -0.05) is 0 Å². The third-order valence-electron chi connectivity index (χ3n) is 2.42. The summed E-state index contributed by atoms with van der Waals surface area (Å²) in [5, 5.41) is -0.0135. The molecule has 1 heterocycles. The number of aromatic nitrogens is 1. The molecule has 0 amide bonds. The monoisotopic (exact) mass is 243 g/mol. The number of rotatable bonds is 2. The highest BCUT2D eigenvalue weighted by molar-refractivity contribution is 5.96. The lowest BCUT2D eigenvalue weighted by Crippen LogP contribution is -2.00. The highest BCUT2D eigenvalue weighted by Gasteiger charge is 2.20. The zero-order chi connectivity index (χ0) is 12.6. The molecule has 2 rings (SSSR count). The molecular formula is C11H8F3NO2. The van der Waals surface area contributed by atoms with Crippen LogP contribution in [-0.2, 0) is 4.74 Å². The molecule has 0 aliphatic rings. The summed E-state index contributed by atoms with van der Waals surface area (Å²) in [6.45, 7) is 0. The molecule has 3 nitrogen and oxygen atoms in total. The average molecular weight is 243 g/mol. The number of aromatic amines is 1. The molecule has 0 fully saturated rings. The summed E-state index contributed by atoms with van der Waals surface area (Å²) in [5.41, 5.74) is -0.439. The Morgan fingerprint density at radius 3 is 2.71 bits per heavy atom. The van der Waals surface area contributed by atoms with Gasteiger partial charge >= 0.3 is 5.97 Å². The molecule has 1 aromatic carbocycles. The summed E-state index contributed by atoms with van der Waals surface area (Å²) < 4.78 is 43.1. The number of ether oxygens (including phenoxy) is 1. The number of fused-ring (bicyclic) bond motifs is 1. The van der Waals surface area contributed by atoms with Crippen molar-refractivity contribution < 1.29 is 22.7 Å². The molecule has 0 saturated heterocycles. The Balaban J connectivity index is 2.68. The molecule has 0 unspecified atom stereocenters. The van der Waals surface area contributed by atoms with Gasteiger partial charge in [-0.2, -0.15) is 0 Å². The summed E-state index contributed by atoms with van der Waals surface area (Å²) in [7, 11) is 1.17. The molecule has 17 heavy (non-hydrogen) atoms. The van der Waals surface area contributed by atoms with Gasteiger partial charge in [0.15, 0.2) is 0 Å². The minimum Gasteiger partial charge on any atom is -0.464 e. The molecule has 0 atom stereocenters. The highest BCUT2D eigenvalue weighted by atomic mass is 19.3. The molecule has 0 aliphatic heterocycles. The van der Waals surface area contributed by atoms with Crippen LogP contribution in [0, 0.1) is 5.82 Å². The Hall–Kier alpha value is -1.98. The zero-order valence-electron chi connectivity index (χ0n) is 8.76. The Morgan fingerprint density at radius 1 is 1.41 bits per heavy atom. The maximum absolute atomic E-state index is 13.3. The second kappa shape index (κ2) is 4.12. The second-order valence-electron chi connectivity index (χ2n) is 3.40. The first kappa shape index (κ1) is 11.5. The minimum atomic E-state index is -2.94. The summed E-state index contributed by atoms with van der Waals surface area (Å²) in [4.78, 5) is 13.8. The third-order valence-corrected chi connectivity index (χ3v) is 2.42. The number of nitrogens with one attached hydrogen (secondary N) is 1. The first-order valence-corrected chi connectivity index (χ1v) is 4.72. The largest absolute Gasteiger partial charge is 0.464 e. The van der Waals surface area contributed by atoms with Gasteiger partial charge in [0.1, 0.15) is 11.5 Å². The summed E-state index contributed by atoms with van der Waals surface area (Å²) >= 11 is 0. The van der Waals surface area contributed by atoms with Crippen LogP contribution >= 0.6 is 0 Å². The van der Waals surface area contributed by atoms with Crippen molar-refractivity contribution >= 4 is 16.9 Å². The summed E-state index contributed by atoms with van der Waals surface area (Å²) in [6, 6.07) is 3.39. The number of esters is 1. The van der Waals surface area contributed by atoms with Gasteiger partial charge in [-0.25, -0.2) is 18.0 Å². The van der Waals surface area contributed by atoms with Crippen LogP contribution in [0.15, 0.2) is 18.2 Å². The van der Waals surface area contributed by atoms with Crippen molar-refractivity contribution in [3.05, 3.63) is 35.3 Å². The predicted octanol–water partition coefficient (Wildman–Crippen LogP) is 3.03. The lowest BCUT2D eigenvalue weighted by Gasteiger charge is -2.02. The number of methoxy groups -OCH3 is 1. The van der Waals surface area contributed by atoms with Gasteiger partial charge in [0, 0.05) is 10.9 Å². The van der Waals surface area contributed by atoms with Crippen molar-refractivity contribution in [2.75, 3.05) is 7.11 Å². The van der Waals surface area contributed by atoms with E-state index in [0.29, 0.717) is 0 Å². The maximum atomic E-state index is 13.3. The molecule has 0 spiro atoms. The van der Waals surface area contributed by atoms with Crippen LogP contribution in [-0.4, -0.2) is 18.1 Å². The van der Waals surface area contributed by atoms with Gasteiger partial charge in [0.05, 0.1) is 12.7 Å². The normalized spacial score (nSPS) is 11.1. The molecule has 1 aromatic heterocycles. The quantitative estimate of drug-likeness (QED) is 0.824. The Labute approximate surface area is 94.2 Å². The molecule has 6 heteroatoms. The first-order chi connectivity index (χ1) is 8.04. The number of benzene rings is 1. The number of halogens is 3. The maximum Gasteiger partial charge on any atom is 0.354 e. The van der Waals surface area contributed by atoms with E-state index in [0.717, 1.165) is 12.1 Å². The van der Waals surface area contributed by atoms with E-state index in [9.17, 15) is 18.0 Å². The van der Waals surface area contributed by atoms with Gasteiger partial charge in [-0.05, 0) is 18.2 Å². The van der Waals surface area contributed by atoms with E-state index in [1.165, 1.54) is 13.2 Å². The Bertz CT molecular complexity index is 577. The van der Waals surface area contributed by atoms with E-state index in [2.05, 4.69) is 9.72 Å². The highest BCUT2D eigenvalue weighted by Crippen LogP contribution is 2.30. The Morgan fingerprint density at radius 2 is 2.12 bits per heavy atom. The number of hydrogen-bond donors (Lipinski definition) is 1. The molecular weight excluding hydrogens is 235 g/mol. The van der Waals surface area contributed by atoms with E-state index in [4.69, 9.17) is 0 Å². The standard InChI is InChI=1S/C11H8F3NO2/c1-17-11(16)8-4-5-7(15-8)3-2-6(12)9(5)10(13)14/h2-4,10,15H,1H3. The van der Waals surface area contributed by atoms with Crippen LogP contribution in [0.4, 0.5) is 13.2 Å². The molecule has 0 bridgehead atoms. The van der Waals surface area contributed by atoms with E-state index in [1.807, 2.05) is 0 Å². The van der Waals surface area contributed by atoms with E-state index in [-0.39, 0.29) is 16.6 Å². The summed E-state index contributed by atoms with van der Waals surface area (Å²) in [6.07, 6.45) is -2.94. The van der Waals surface area contributed by atoms with Crippen molar-refractivity contribution in [3.8, 4) is 0 Å². The fraction of sp³-hybridized carbons (Fsp3) is 0.182. The smallest absolute Gasteiger partial charge is 0.354 e. The van der Waals surface area contributed by atoms with Crippen molar-refractivity contribution in [2.45, 2.75) is 6.43 Å². The fourth-order valence-electron chi connectivity index (χ4n) is 1.64. The molecule has 2 aromatic rings. The predicted molar refractivity (Wildman–Crippen MR) is 54.6 cm³/mol. The summed E-state index contributed by atoms with van der Waals surface area (Å²) in [5.74, 6) is -1.69. The first-order valence-electron chi connectivity index (χ1n) is 4.72. The van der Waals surface area contributed by atoms with Crippen molar-refractivity contribution in [1.82, 2.24) is 4.98 Å². The SMILES string of the molecule is COC(=O)c1cc2c(C(F)F)c(F)ccc2[nH]1. The Kier molecular flexibility index (Phi) is 2.79. The lowest BCUT2D eigenvalue weighted by atomic mass is 10.1. The van der Waals surface area contributed by atoms with Crippen LogP contribution in [0.3, 0.4) is 0 Å². The van der Waals surface area contributed by atoms with Crippen LogP contribution in [0.1, 0.15) is 22.5 Å². The van der Waals surface area contributed by atoms with Crippen molar-refractivity contribution in [3.63, 3.8) is 0 Å². The average Bonchev–Trinajstić information content (AvgIpc) is 2.70. The molecule has 0 radical (unpaired) electrons. The lowest BCUT2D eigenvalue weighted by molar-refractivity contribution is 0.0595. The number of hydrogen-bond acceptors (Lipinski definition) is 2. The van der Waals surface area contributed by atoms with Gasteiger partial charge < -0.3 is 9.72 Å². The molecule has 90 valence electrons. The van der Waals surface area contributed by atoms with Crippen LogP contribution in [0.25, 0.3) is 10.9 Å². The molecule has 0 aliphatic carbocycles. The number of H-pyrrole nitrogens is 1. The second-order valence-corrected chi connectivity index (χ2v) is 3.40. The van der Waals surface area contributed by atoms with Crippen LogP contribution in [0.2, 0.25) is 0 Å². The van der Waals surface area contributed by atoms with E-state index < -0.39 is 23.8 Å². The van der Waals surface area contributed by atoms with Crippen molar-refractivity contribution in [1.29, 1.82) is 0 Å². The molecule has 0 saturated carbocycles. The van der Waals surface area contributed by atoms with Crippen LogP contribution in [0.5, 0.6) is 0 Å². The van der Waals surface area contributed by atoms with Gasteiger partial charge in [0.2, 0.25) is 0 Å².